The van der Waals surface area contributed by atoms with E-state index in [4.69, 9.17) is 0 Å². The number of amides is 1. The second-order valence-corrected chi connectivity index (χ2v) is 6.62. The van der Waals surface area contributed by atoms with E-state index in [0.29, 0.717) is 5.75 Å². The minimum absolute atomic E-state index is 0.00564. The molecule has 0 aliphatic carbocycles. The van der Waals surface area contributed by atoms with Gasteiger partial charge in [-0.25, -0.2) is 4.98 Å². The number of hydrogen-bond acceptors (Lipinski definition) is 4. The maximum absolute atomic E-state index is 11.8. The van der Waals surface area contributed by atoms with Crippen LogP contribution in [0, 0.1) is 6.92 Å². The smallest absolute Gasteiger partial charge is 0.234 e. The number of carbonyl (C=O) groups excluding carboxylic acids is 1. The molecule has 0 saturated heterocycles. The Bertz CT molecular complexity index is 564. The van der Waals surface area contributed by atoms with Crippen LogP contribution in [-0.4, -0.2) is 16.6 Å². The van der Waals surface area contributed by atoms with Gasteiger partial charge >= 0.3 is 0 Å². The lowest BCUT2D eigenvalue weighted by molar-refractivity contribution is -0.113. The molecule has 0 atom stereocenters. The molecule has 1 N–H and O–H groups in total. The molecule has 0 fully saturated rings. The molecule has 0 saturated carbocycles. The van der Waals surface area contributed by atoms with Crippen molar-refractivity contribution < 1.29 is 4.79 Å². The van der Waals surface area contributed by atoms with Gasteiger partial charge in [0, 0.05) is 16.8 Å². The molecule has 20 heavy (non-hydrogen) atoms. The maximum atomic E-state index is 11.8. The van der Waals surface area contributed by atoms with Gasteiger partial charge in [-0.1, -0.05) is 37.2 Å². The van der Waals surface area contributed by atoms with Crippen molar-refractivity contribution >= 4 is 34.7 Å². The van der Waals surface area contributed by atoms with Crippen LogP contribution >= 0.6 is 23.1 Å². The Labute approximate surface area is 127 Å². The van der Waals surface area contributed by atoms with Gasteiger partial charge in [0.2, 0.25) is 5.91 Å². The van der Waals surface area contributed by atoms with E-state index in [1.807, 2.05) is 24.4 Å². The lowest BCUT2D eigenvalue weighted by Gasteiger charge is -2.05. The van der Waals surface area contributed by atoms with Crippen molar-refractivity contribution in [2.45, 2.75) is 31.0 Å². The number of thioether (sulfide) groups is 1. The van der Waals surface area contributed by atoms with E-state index in [9.17, 15) is 4.79 Å². The Kier molecular flexibility index (Phi) is 5.61. The van der Waals surface area contributed by atoms with Crippen LogP contribution in [0.25, 0.3) is 0 Å². The summed E-state index contributed by atoms with van der Waals surface area (Å²) in [6, 6.07) is 8.05. The molecule has 0 aliphatic rings. The monoisotopic (exact) mass is 306 g/mol. The summed E-state index contributed by atoms with van der Waals surface area (Å²) in [4.78, 5) is 16.2. The summed E-state index contributed by atoms with van der Waals surface area (Å²) in [5, 5.41) is 4.90. The molecule has 0 spiro atoms. The van der Waals surface area contributed by atoms with E-state index >= 15 is 0 Å². The van der Waals surface area contributed by atoms with Crippen LogP contribution in [0.2, 0.25) is 0 Å². The van der Waals surface area contributed by atoms with Gasteiger partial charge in [0.1, 0.15) is 0 Å². The molecule has 106 valence electrons. The average molecular weight is 306 g/mol. The predicted molar refractivity (Wildman–Crippen MR) is 86.6 cm³/mol. The van der Waals surface area contributed by atoms with Gasteiger partial charge in [-0.3, -0.25) is 4.79 Å². The first-order chi connectivity index (χ1) is 9.67. The summed E-state index contributed by atoms with van der Waals surface area (Å²) in [5.74, 6) is 0.398. The predicted octanol–water partition coefficient (Wildman–Crippen LogP) is 4.13. The van der Waals surface area contributed by atoms with E-state index in [1.165, 1.54) is 17.3 Å². The second kappa shape index (κ2) is 7.45. The van der Waals surface area contributed by atoms with Crippen LogP contribution in [0.4, 0.5) is 5.69 Å². The third-order valence-electron chi connectivity index (χ3n) is 2.70. The fraction of sp³-hybridized carbons (Fsp3) is 0.333. The Morgan fingerprint density at radius 2 is 2.10 bits per heavy atom. The molecule has 1 amide bonds. The van der Waals surface area contributed by atoms with E-state index < -0.39 is 0 Å². The summed E-state index contributed by atoms with van der Waals surface area (Å²) in [7, 11) is 0. The van der Waals surface area contributed by atoms with Crippen molar-refractivity contribution in [2.24, 2.45) is 0 Å². The highest BCUT2D eigenvalue weighted by Crippen LogP contribution is 2.22. The third-order valence-corrected chi connectivity index (χ3v) is 4.84. The first-order valence-electron chi connectivity index (χ1n) is 6.61. The van der Waals surface area contributed by atoms with E-state index in [1.54, 1.807) is 11.3 Å². The number of carbonyl (C=O) groups is 1. The van der Waals surface area contributed by atoms with Crippen LogP contribution in [0.1, 0.15) is 24.6 Å². The number of thiazole rings is 1. The highest BCUT2D eigenvalue weighted by atomic mass is 32.2. The molecule has 1 heterocycles. The second-order valence-electron chi connectivity index (χ2n) is 4.54. The molecular formula is C15H18N2OS2. The Morgan fingerprint density at radius 1 is 1.35 bits per heavy atom. The quantitative estimate of drug-likeness (QED) is 0.816. The van der Waals surface area contributed by atoms with Gasteiger partial charge in [0.05, 0.1) is 5.75 Å². The molecule has 0 bridgehead atoms. The largest absolute Gasteiger partial charge is 0.325 e. The highest BCUT2D eigenvalue weighted by molar-refractivity contribution is 8.01. The molecule has 1 aromatic carbocycles. The zero-order valence-corrected chi connectivity index (χ0v) is 13.3. The van der Waals surface area contributed by atoms with Gasteiger partial charge < -0.3 is 5.32 Å². The maximum Gasteiger partial charge on any atom is 0.234 e. The molecule has 2 aromatic rings. The molecule has 1 aromatic heterocycles. The molecule has 0 aliphatic heterocycles. The standard InChI is InChI=1S/C15H18N2OS2/c1-3-4-12-5-7-13(8-6-12)17-14(18)10-20-15-16-11(2)9-19-15/h5-9H,3-4,10H2,1-2H3,(H,17,18). The van der Waals surface area contributed by atoms with E-state index in [0.717, 1.165) is 28.6 Å². The van der Waals surface area contributed by atoms with Gasteiger partial charge in [-0.05, 0) is 31.0 Å². The Balaban J connectivity index is 1.81. The van der Waals surface area contributed by atoms with E-state index in [2.05, 4.69) is 29.4 Å². The van der Waals surface area contributed by atoms with Crippen LogP contribution in [0.15, 0.2) is 34.0 Å². The fourth-order valence-electron chi connectivity index (χ4n) is 1.77. The van der Waals surface area contributed by atoms with Crippen LogP contribution in [0.5, 0.6) is 0 Å². The first-order valence-corrected chi connectivity index (χ1v) is 8.47. The minimum Gasteiger partial charge on any atom is -0.325 e. The van der Waals surface area contributed by atoms with Crippen molar-refractivity contribution in [3.8, 4) is 0 Å². The number of benzene rings is 1. The molecule has 5 heteroatoms. The van der Waals surface area contributed by atoms with Crippen LogP contribution < -0.4 is 5.32 Å². The van der Waals surface area contributed by atoms with Crippen molar-refractivity contribution in [1.29, 1.82) is 0 Å². The molecule has 0 unspecified atom stereocenters. The fourth-order valence-corrected chi connectivity index (χ4v) is 3.42. The number of aromatic nitrogens is 1. The first kappa shape index (κ1) is 15.1. The lowest BCUT2D eigenvalue weighted by Crippen LogP contribution is -2.13. The van der Waals surface area contributed by atoms with Gasteiger partial charge in [0.15, 0.2) is 4.34 Å². The lowest BCUT2D eigenvalue weighted by atomic mass is 10.1. The van der Waals surface area contributed by atoms with Crippen molar-refractivity contribution in [1.82, 2.24) is 4.98 Å². The van der Waals surface area contributed by atoms with Crippen molar-refractivity contribution in [2.75, 3.05) is 11.1 Å². The Hall–Kier alpha value is -1.33. The molecule has 0 radical (unpaired) electrons. The molecular weight excluding hydrogens is 288 g/mol. The van der Waals surface area contributed by atoms with Crippen molar-refractivity contribution in [3.63, 3.8) is 0 Å². The molecule has 3 nitrogen and oxygen atoms in total. The highest BCUT2D eigenvalue weighted by Gasteiger charge is 2.06. The number of nitrogens with one attached hydrogen (secondary N) is 1. The number of nitrogens with zero attached hydrogens (tertiary/aromatic N) is 1. The number of aryl methyl sites for hydroxylation is 2. The number of hydrogen-bond donors (Lipinski definition) is 1. The summed E-state index contributed by atoms with van der Waals surface area (Å²) in [6.07, 6.45) is 2.21. The zero-order chi connectivity index (χ0) is 14.4. The van der Waals surface area contributed by atoms with Gasteiger partial charge in [-0.15, -0.1) is 11.3 Å². The van der Waals surface area contributed by atoms with Gasteiger partial charge in [-0.2, -0.15) is 0 Å². The SMILES string of the molecule is CCCc1ccc(NC(=O)CSc2nc(C)cs2)cc1. The third kappa shape index (κ3) is 4.65. The number of rotatable bonds is 6. The van der Waals surface area contributed by atoms with Gasteiger partial charge in [0.25, 0.3) is 0 Å². The topological polar surface area (TPSA) is 42.0 Å². The zero-order valence-electron chi connectivity index (χ0n) is 11.7. The summed E-state index contributed by atoms with van der Waals surface area (Å²) in [5.41, 5.74) is 3.16. The molecule has 2 rings (SSSR count). The number of anilines is 1. The average Bonchev–Trinajstić information content (AvgIpc) is 2.85. The van der Waals surface area contributed by atoms with E-state index in [-0.39, 0.29) is 5.91 Å². The van der Waals surface area contributed by atoms with Crippen LogP contribution in [0.3, 0.4) is 0 Å². The minimum atomic E-state index is 0.00564. The summed E-state index contributed by atoms with van der Waals surface area (Å²) in [6.45, 7) is 4.12. The summed E-state index contributed by atoms with van der Waals surface area (Å²) < 4.78 is 0.941. The van der Waals surface area contributed by atoms with Crippen molar-refractivity contribution in [3.05, 3.63) is 40.9 Å². The Morgan fingerprint density at radius 3 is 2.70 bits per heavy atom. The van der Waals surface area contributed by atoms with Crippen LogP contribution in [-0.2, 0) is 11.2 Å². The summed E-state index contributed by atoms with van der Waals surface area (Å²) >= 11 is 3.05. The normalized spacial score (nSPS) is 10.5.